The van der Waals surface area contributed by atoms with Crippen LogP contribution >= 0.6 is 0 Å². The smallest absolute Gasteiger partial charge is 0.250 e. The molecule has 1 rings (SSSR count). The number of ether oxygens (including phenoxy) is 1. The van der Waals surface area contributed by atoms with Crippen LogP contribution in [0.25, 0.3) is 0 Å². The van der Waals surface area contributed by atoms with Gasteiger partial charge in [0, 0.05) is 12.2 Å². The average Bonchev–Trinajstić information content (AvgIpc) is 2.32. The molecule has 0 saturated heterocycles. The van der Waals surface area contributed by atoms with Crippen molar-refractivity contribution in [2.24, 2.45) is 0 Å². The summed E-state index contributed by atoms with van der Waals surface area (Å²) < 4.78 is 5.22. The first-order valence-electron chi connectivity index (χ1n) is 5.87. The van der Waals surface area contributed by atoms with Gasteiger partial charge in [-0.2, -0.15) is 0 Å². The second-order valence-corrected chi connectivity index (χ2v) is 3.82. The van der Waals surface area contributed by atoms with Crippen molar-refractivity contribution < 1.29 is 9.53 Å². The van der Waals surface area contributed by atoms with Crippen LogP contribution in [0.5, 0.6) is 0 Å². The quantitative estimate of drug-likeness (QED) is 0.706. The molecule has 4 nitrogen and oxygen atoms in total. The summed E-state index contributed by atoms with van der Waals surface area (Å²) in [6.07, 6.45) is 0. The van der Waals surface area contributed by atoms with Gasteiger partial charge in [0.25, 0.3) is 0 Å². The van der Waals surface area contributed by atoms with E-state index in [9.17, 15) is 4.79 Å². The molecule has 0 heterocycles. The maximum Gasteiger partial charge on any atom is 0.250 e. The van der Waals surface area contributed by atoms with Crippen LogP contribution < -0.4 is 10.6 Å². The molecule has 0 aromatic heterocycles. The Morgan fingerprint density at radius 3 is 2.65 bits per heavy atom. The molecule has 0 atom stereocenters. The molecule has 1 amide bonds. The fraction of sp³-hybridized carbons (Fsp3) is 0.462. The van der Waals surface area contributed by atoms with Gasteiger partial charge < -0.3 is 15.4 Å². The molecule has 0 spiro atoms. The van der Waals surface area contributed by atoms with Gasteiger partial charge in [-0.1, -0.05) is 24.6 Å². The first-order chi connectivity index (χ1) is 8.22. The number of nitrogens with one attached hydrogen (secondary N) is 2. The topological polar surface area (TPSA) is 50.4 Å². The maximum absolute atomic E-state index is 11.5. The first kappa shape index (κ1) is 13.7. The summed E-state index contributed by atoms with van der Waals surface area (Å²) in [5.74, 6) is -0.120. The Balaban J connectivity index is 2.18. The highest BCUT2D eigenvalue weighted by molar-refractivity contribution is 5.91. The number of rotatable bonds is 7. The van der Waals surface area contributed by atoms with Crippen molar-refractivity contribution in [2.75, 3.05) is 31.6 Å². The number of benzene rings is 1. The lowest BCUT2D eigenvalue weighted by atomic mass is 10.2. The number of carbonyl (C=O) groups is 1. The lowest BCUT2D eigenvalue weighted by Crippen LogP contribution is -2.23. The van der Waals surface area contributed by atoms with Crippen LogP contribution in [-0.2, 0) is 9.53 Å². The van der Waals surface area contributed by atoms with Crippen molar-refractivity contribution >= 4 is 11.6 Å². The predicted octanol–water partition coefficient (Wildman–Crippen LogP) is 1.56. The third-order valence-electron chi connectivity index (χ3n) is 2.24. The largest absolute Gasteiger partial charge is 0.370 e. The van der Waals surface area contributed by atoms with E-state index in [1.807, 2.05) is 38.1 Å². The zero-order valence-corrected chi connectivity index (χ0v) is 10.5. The van der Waals surface area contributed by atoms with E-state index in [0.29, 0.717) is 6.61 Å². The lowest BCUT2D eigenvalue weighted by molar-refractivity contribution is -0.120. The standard InChI is InChI=1S/C13H20N2O2/c1-3-14-8-9-17-10-13(16)15-12-6-4-11(2)5-7-12/h4-7,14H,3,8-10H2,1-2H3,(H,15,16). The Hall–Kier alpha value is -1.39. The highest BCUT2D eigenvalue weighted by Crippen LogP contribution is 2.08. The van der Waals surface area contributed by atoms with Crippen LogP contribution in [-0.4, -0.2) is 32.2 Å². The summed E-state index contributed by atoms with van der Waals surface area (Å²) in [7, 11) is 0. The van der Waals surface area contributed by atoms with Crippen LogP contribution in [0.3, 0.4) is 0 Å². The molecule has 17 heavy (non-hydrogen) atoms. The molecule has 1 aromatic rings. The molecule has 0 aliphatic rings. The zero-order valence-electron chi connectivity index (χ0n) is 10.5. The predicted molar refractivity (Wildman–Crippen MR) is 69.2 cm³/mol. The normalized spacial score (nSPS) is 10.2. The molecule has 0 aliphatic heterocycles. The van der Waals surface area contributed by atoms with E-state index >= 15 is 0 Å². The molecule has 1 aromatic carbocycles. The van der Waals surface area contributed by atoms with E-state index in [1.165, 1.54) is 5.56 Å². The van der Waals surface area contributed by atoms with E-state index in [0.717, 1.165) is 18.8 Å². The maximum atomic E-state index is 11.5. The second kappa shape index (κ2) is 7.81. The van der Waals surface area contributed by atoms with Gasteiger partial charge in [0.15, 0.2) is 0 Å². The van der Waals surface area contributed by atoms with Gasteiger partial charge in [0.2, 0.25) is 5.91 Å². The summed E-state index contributed by atoms with van der Waals surface area (Å²) in [4.78, 5) is 11.5. The monoisotopic (exact) mass is 236 g/mol. The Bertz CT molecular complexity index is 336. The van der Waals surface area contributed by atoms with Crippen LogP contribution in [0.2, 0.25) is 0 Å². The van der Waals surface area contributed by atoms with Gasteiger partial charge in [0.1, 0.15) is 6.61 Å². The van der Waals surface area contributed by atoms with Crippen molar-refractivity contribution in [2.45, 2.75) is 13.8 Å². The number of anilines is 1. The van der Waals surface area contributed by atoms with Crippen molar-refractivity contribution in [3.05, 3.63) is 29.8 Å². The summed E-state index contributed by atoms with van der Waals surface area (Å²) in [6.45, 7) is 6.38. The third-order valence-corrected chi connectivity index (χ3v) is 2.24. The summed E-state index contributed by atoms with van der Waals surface area (Å²) in [6, 6.07) is 7.68. The minimum absolute atomic E-state index is 0.0965. The van der Waals surface area contributed by atoms with Crippen molar-refractivity contribution in [3.63, 3.8) is 0 Å². The Kier molecular flexibility index (Phi) is 6.29. The van der Waals surface area contributed by atoms with Crippen LogP contribution in [0, 0.1) is 6.92 Å². The minimum atomic E-state index is -0.120. The molecule has 94 valence electrons. The van der Waals surface area contributed by atoms with Crippen molar-refractivity contribution in [1.82, 2.24) is 5.32 Å². The zero-order chi connectivity index (χ0) is 12.5. The van der Waals surface area contributed by atoms with Gasteiger partial charge in [0.05, 0.1) is 6.61 Å². The summed E-state index contributed by atoms with van der Waals surface area (Å²) >= 11 is 0. The Morgan fingerprint density at radius 2 is 2.00 bits per heavy atom. The van der Waals surface area contributed by atoms with Gasteiger partial charge in [-0.3, -0.25) is 4.79 Å². The summed E-state index contributed by atoms with van der Waals surface area (Å²) in [5.41, 5.74) is 1.97. The molecule has 0 saturated carbocycles. The average molecular weight is 236 g/mol. The van der Waals surface area contributed by atoms with Crippen LogP contribution in [0.1, 0.15) is 12.5 Å². The minimum Gasteiger partial charge on any atom is -0.370 e. The Morgan fingerprint density at radius 1 is 1.29 bits per heavy atom. The van der Waals surface area contributed by atoms with Crippen molar-refractivity contribution in [1.29, 1.82) is 0 Å². The fourth-order valence-corrected chi connectivity index (χ4v) is 1.32. The Labute approximate surface area is 102 Å². The summed E-state index contributed by atoms with van der Waals surface area (Å²) in [5, 5.41) is 5.90. The molecule has 0 bridgehead atoms. The van der Waals surface area contributed by atoms with Gasteiger partial charge >= 0.3 is 0 Å². The van der Waals surface area contributed by atoms with Gasteiger partial charge in [-0.05, 0) is 25.6 Å². The molecular weight excluding hydrogens is 216 g/mol. The molecular formula is C13H20N2O2. The first-order valence-corrected chi connectivity index (χ1v) is 5.87. The second-order valence-electron chi connectivity index (χ2n) is 3.82. The van der Waals surface area contributed by atoms with Crippen molar-refractivity contribution in [3.8, 4) is 0 Å². The fourth-order valence-electron chi connectivity index (χ4n) is 1.32. The van der Waals surface area contributed by atoms with Crippen LogP contribution in [0.15, 0.2) is 24.3 Å². The highest BCUT2D eigenvalue weighted by Gasteiger charge is 2.01. The lowest BCUT2D eigenvalue weighted by Gasteiger charge is -2.06. The molecule has 0 aliphatic carbocycles. The number of aryl methyl sites for hydroxylation is 1. The molecule has 0 unspecified atom stereocenters. The number of likely N-dealkylation sites (N-methyl/N-ethyl adjacent to an activating group) is 1. The van der Waals surface area contributed by atoms with E-state index in [1.54, 1.807) is 0 Å². The number of hydrogen-bond acceptors (Lipinski definition) is 3. The van der Waals surface area contributed by atoms with Crippen LogP contribution in [0.4, 0.5) is 5.69 Å². The SMILES string of the molecule is CCNCCOCC(=O)Nc1ccc(C)cc1. The van der Waals surface area contributed by atoms with E-state index in [2.05, 4.69) is 10.6 Å². The van der Waals surface area contributed by atoms with E-state index in [-0.39, 0.29) is 12.5 Å². The number of carbonyl (C=O) groups excluding carboxylic acids is 1. The molecule has 0 fully saturated rings. The van der Waals surface area contributed by atoms with E-state index in [4.69, 9.17) is 4.74 Å². The van der Waals surface area contributed by atoms with Gasteiger partial charge in [-0.15, -0.1) is 0 Å². The van der Waals surface area contributed by atoms with E-state index < -0.39 is 0 Å². The molecule has 0 radical (unpaired) electrons. The van der Waals surface area contributed by atoms with Gasteiger partial charge in [-0.25, -0.2) is 0 Å². The number of amides is 1. The molecule has 4 heteroatoms. The third kappa shape index (κ3) is 6.04. The molecule has 2 N–H and O–H groups in total. The number of hydrogen-bond donors (Lipinski definition) is 2. The highest BCUT2D eigenvalue weighted by atomic mass is 16.5.